The normalized spacial score (nSPS) is 13.6. The molecule has 0 aliphatic carbocycles. The molecule has 0 saturated carbocycles. The van der Waals surface area contributed by atoms with Gasteiger partial charge in [0.1, 0.15) is 5.75 Å². The second-order valence-electron chi connectivity index (χ2n) is 4.68. The average molecular weight is 238 g/mol. The summed E-state index contributed by atoms with van der Waals surface area (Å²) >= 11 is 0. The molecule has 2 aromatic rings. The Kier molecular flexibility index (Phi) is 2.63. The fourth-order valence-electron chi connectivity index (χ4n) is 2.15. The molecule has 0 saturated heterocycles. The van der Waals surface area contributed by atoms with Crippen molar-refractivity contribution in [3.63, 3.8) is 0 Å². The largest absolute Gasteiger partial charge is 0.435 e. The summed E-state index contributed by atoms with van der Waals surface area (Å²) in [5.41, 5.74) is 4.87. The highest BCUT2D eigenvalue weighted by Crippen LogP contribution is 2.25. The van der Waals surface area contributed by atoms with E-state index in [1.807, 2.05) is 18.2 Å². The minimum absolute atomic E-state index is 0.569. The zero-order valence-corrected chi connectivity index (χ0v) is 10.7. The van der Waals surface area contributed by atoms with E-state index in [1.54, 1.807) is 0 Å². The molecule has 90 valence electrons. The molecule has 0 unspecified atom stereocenters. The van der Waals surface area contributed by atoms with E-state index in [0.717, 1.165) is 17.0 Å². The van der Waals surface area contributed by atoms with Crippen molar-refractivity contribution in [2.75, 3.05) is 6.73 Å². The van der Waals surface area contributed by atoms with Crippen LogP contribution < -0.4 is 4.74 Å². The molecule has 1 aliphatic heterocycles. The smallest absolute Gasteiger partial charge is 0.292 e. The van der Waals surface area contributed by atoms with Crippen molar-refractivity contribution in [1.82, 2.24) is 0 Å². The van der Waals surface area contributed by atoms with Gasteiger partial charge in [0, 0.05) is 12.1 Å². The van der Waals surface area contributed by atoms with Crippen LogP contribution in [0.15, 0.2) is 42.5 Å². The van der Waals surface area contributed by atoms with E-state index in [-0.39, 0.29) is 0 Å². The molecule has 0 radical (unpaired) electrons. The molecule has 3 rings (SSSR count). The Labute approximate surface area is 107 Å². The summed E-state index contributed by atoms with van der Waals surface area (Å²) in [5.74, 6) is 0.977. The Morgan fingerprint density at radius 1 is 1.00 bits per heavy atom. The molecule has 0 fully saturated rings. The van der Waals surface area contributed by atoms with Crippen molar-refractivity contribution in [2.45, 2.75) is 13.8 Å². The molecule has 0 amide bonds. The maximum Gasteiger partial charge on any atom is 0.292 e. The van der Waals surface area contributed by atoms with E-state index in [2.05, 4.69) is 48.9 Å². The molecule has 2 aromatic carbocycles. The molecular formula is C16H16NO+. The third kappa shape index (κ3) is 1.90. The highest BCUT2D eigenvalue weighted by atomic mass is 16.5. The number of ether oxygens (including phenoxy) is 1. The summed E-state index contributed by atoms with van der Waals surface area (Å²) in [6.45, 7) is 4.81. The maximum absolute atomic E-state index is 5.82. The van der Waals surface area contributed by atoms with Gasteiger partial charge in [0.2, 0.25) is 5.69 Å². The molecule has 0 bridgehead atoms. The zero-order chi connectivity index (χ0) is 12.5. The van der Waals surface area contributed by atoms with Gasteiger partial charge in [0.25, 0.3) is 6.73 Å². The number of hydrogen-bond acceptors (Lipinski definition) is 1. The minimum atomic E-state index is 0.569. The van der Waals surface area contributed by atoms with Gasteiger partial charge in [-0.05, 0) is 37.1 Å². The number of benzene rings is 2. The average Bonchev–Trinajstić information content (AvgIpc) is 2.41. The van der Waals surface area contributed by atoms with Crippen molar-refractivity contribution >= 4 is 11.9 Å². The Morgan fingerprint density at radius 2 is 1.72 bits per heavy atom. The lowest BCUT2D eigenvalue weighted by Gasteiger charge is -2.15. The van der Waals surface area contributed by atoms with Gasteiger partial charge in [-0.2, -0.15) is 4.58 Å². The fraction of sp³-hybridized carbons (Fsp3) is 0.188. The topological polar surface area (TPSA) is 12.2 Å². The standard InChI is InChI=1S/C16H16NO/c1-12-8-14-10-17(15-6-4-3-5-7-15)11-18-16(14)9-13(12)2/h3-10H,11H2,1-2H3/q+1. The summed E-state index contributed by atoms with van der Waals surface area (Å²) in [6, 6.07) is 14.6. The van der Waals surface area contributed by atoms with Gasteiger partial charge >= 0.3 is 0 Å². The SMILES string of the molecule is Cc1cc2c(cc1C)OC[N+](c1ccccc1)=C2. The van der Waals surface area contributed by atoms with E-state index in [0.29, 0.717) is 6.73 Å². The van der Waals surface area contributed by atoms with E-state index in [4.69, 9.17) is 4.74 Å². The van der Waals surface area contributed by atoms with Crippen LogP contribution in [0.3, 0.4) is 0 Å². The minimum Gasteiger partial charge on any atom is -0.435 e. The molecule has 0 aromatic heterocycles. The van der Waals surface area contributed by atoms with Gasteiger partial charge in [-0.1, -0.05) is 18.2 Å². The summed E-state index contributed by atoms with van der Waals surface area (Å²) in [7, 11) is 0. The van der Waals surface area contributed by atoms with Gasteiger partial charge < -0.3 is 4.74 Å². The van der Waals surface area contributed by atoms with E-state index >= 15 is 0 Å². The first kappa shape index (κ1) is 11.0. The molecule has 18 heavy (non-hydrogen) atoms. The van der Waals surface area contributed by atoms with E-state index in [1.165, 1.54) is 11.1 Å². The number of aryl methyl sites for hydroxylation is 2. The summed E-state index contributed by atoms with van der Waals surface area (Å²) < 4.78 is 7.94. The first-order chi connectivity index (χ1) is 8.74. The van der Waals surface area contributed by atoms with Gasteiger partial charge in [0.05, 0.1) is 5.56 Å². The Hall–Kier alpha value is -2.09. The second-order valence-corrected chi connectivity index (χ2v) is 4.68. The third-order valence-electron chi connectivity index (χ3n) is 3.37. The zero-order valence-electron chi connectivity index (χ0n) is 10.7. The van der Waals surface area contributed by atoms with Crippen LogP contribution >= 0.6 is 0 Å². The van der Waals surface area contributed by atoms with Crippen LogP contribution in [-0.4, -0.2) is 17.5 Å². The van der Waals surface area contributed by atoms with Crippen LogP contribution in [0.5, 0.6) is 5.75 Å². The lowest BCUT2D eigenvalue weighted by molar-refractivity contribution is -0.476. The first-order valence-electron chi connectivity index (χ1n) is 6.14. The molecular weight excluding hydrogens is 222 g/mol. The van der Waals surface area contributed by atoms with Gasteiger partial charge in [-0.25, -0.2) is 0 Å². The predicted molar refractivity (Wildman–Crippen MR) is 72.9 cm³/mol. The van der Waals surface area contributed by atoms with Gasteiger partial charge in [-0.15, -0.1) is 0 Å². The van der Waals surface area contributed by atoms with Crippen LogP contribution in [0, 0.1) is 13.8 Å². The molecule has 0 spiro atoms. The Morgan fingerprint density at radius 3 is 2.50 bits per heavy atom. The van der Waals surface area contributed by atoms with Crippen molar-refractivity contribution in [2.24, 2.45) is 0 Å². The number of rotatable bonds is 1. The number of fused-ring (bicyclic) bond motifs is 1. The Balaban J connectivity index is 2.06. The molecule has 1 heterocycles. The van der Waals surface area contributed by atoms with E-state index in [9.17, 15) is 0 Å². The van der Waals surface area contributed by atoms with Crippen LogP contribution in [0.25, 0.3) is 0 Å². The quantitative estimate of drug-likeness (QED) is 0.693. The first-order valence-corrected chi connectivity index (χ1v) is 6.14. The number of hydrogen-bond donors (Lipinski definition) is 0. The van der Waals surface area contributed by atoms with Gasteiger partial charge in [-0.3, -0.25) is 0 Å². The second kappa shape index (κ2) is 4.30. The van der Waals surface area contributed by atoms with Crippen LogP contribution in [0.1, 0.15) is 16.7 Å². The van der Waals surface area contributed by atoms with E-state index < -0.39 is 0 Å². The summed E-state index contributed by atoms with van der Waals surface area (Å²) in [6.07, 6.45) is 2.15. The molecule has 0 atom stereocenters. The highest BCUT2D eigenvalue weighted by Gasteiger charge is 2.19. The lowest BCUT2D eigenvalue weighted by Crippen LogP contribution is -2.20. The summed E-state index contributed by atoms with van der Waals surface area (Å²) in [4.78, 5) is 0. The molecule has 1 aliphatic rings. The molecule has 2 heteroatoms. The van der Waals surface area contributed by atoms with Crippen molar-refractivity contribution in [3.8, 4) is 5.75 Å². The molecule has 0 N–H and O–H groups in total. The van der Waals surface area contributed by atoms with Gasteiger partial charge in [0.15, 0.2) is 6.21 Å². The lowest BCUT2D eigenvalue weighted by atomic mass is 10.1. The monoisotopic (exact) mass is 238 g/mol. The van der Waals surface area contributed by atoms with Crippen LogP contribution in [-0.2, 0) is 0 Å². The van der Waals surface area contributed by atoms with Crippen LogP contribution in [0.4, 0.5) is 5.69 Å². The predicted octanol–water partition coefficient (Wildman–Crippen LogP) is 3.42. The summed E-state index contributed by atoms with van der Waals surface area (Å²) in [5, 5.41) is 0. The number of nitrogens with zero attached hydrogens (tertiary/aromatic N) is 1. The van der Waals surface area contributed by atoms with Crippen molar-refractivity contribution < 1.29 is 9.31 Å². The highest BCUT2D eigenvalue weighted by molar-refractivity contribution is 5.82. The van der Waals surface area contributed by atoms with Crippen molar-refractivity contribution in [1.29, 1.82) is 0 Å². The van der Waals surface area contributed by atoms with Crippen molar-refractivity contribution in [3.05, 3.63) is 59.2 Å². The van der Waals surface area contributed by atoms with Crippen LogP contribution in [0.2, 0.25) is 0 Å². The number of para-hydroxylation sites is 1. The Bertz CT molecular complexity index is 614. The molecule has 2 nitrogen and oxygen atoms in total. The third-order valence-corrected chi connectivity index (χ3v) is 3.37. The maximum atomic E-state index is 5.82. The fourth-order valence-corrected chi connectivity index (χ4v) is 2.15.